The third kappa shape index (κ3) is 5.32. The summed E-state index contributed by atoms with van der Waals surface area (Å²) in [6.07, 6.45) is 3.12. The zero-order valence-electron chi connectivity index (χ0n) is 19.8. The number of carbonyl (C=O) groups is 1. The first-order valence-corrected chi connectivity index (χ1v) is 11.7. The molecule has 0 aliphatic heterocycles. The molecule has 0 atom stereocenters. The van der Waals surface area contributed by atoms with Gasteiger partial charge in [-0.25, -0.2) is 9.18 Å². The van der Waals surface area contributed by atoms with Crippen LogP contribution < -0.4 is 21.9 Å². The normalized spacial score (nSPS) is 11.1. The van der Waals surface area contributed by atoms with Crippen molar-refractivity contribution in [3.63, 3.8) is 0 Å². The van der Waals surface area contributed by atoms with Crippen molar-refractivity contribution in [3.05, 3.63) is 93.0 Å². The molecule has 36 heavy (non-hydrogen) atoms. The fraction of sp³-hybridized carbons (Fsp3) is 0.269. The van der Waals surface area contributed by atoms with Gasteiger partial charge in [0.15, 0.2) is 5.69 Å². The van der Waals surface area contributed by atoms with Crippen molar-refractivity contribution in [2.45, 2.75) is 45.7 Å². The van der Waals surface area contributed by atoms with E-state index in [9.17, 15) is 18.8 Å². The minimum Gasteiger partial charge on any atom is -0.467 e. The van der Waals surface area contributed by atoms with Crippen LogP contribution >= 0.6 is 0 Å². The predicted molar refractivity (Wildman–Crippen MR) is 133 cm³/mol. The first-order valence-electron chi connectivity index (χ1n) is 11.7. The molecule has 0 unspecified atom stereocenters. The number of aromatic nitrogens is 2. The standard InChI is InChI=1S/C26H27FN4O5/c1-2-3-14-30-24(28)23(25(33)29-26(30)34)31(16-18-7-6-15-35-18)22(32)13-11-17-10-12-21(36-17)19-8-4-5-9-20(19)27/h4-10,12,15H,2-3,11,13-14,16,28H2,1H3,(H,29,33,34). The molecule has 0 radical (unpaired) electrons. The molecule has 0 aliphatic carbocycles. The molecule has 0 fully saturated rings. The van der Waals surface area contributed by atoms with E-state index >= 15 is 0 Å². The van der Waals surface area contributed by atoms with Gasteiger partial charge in [0.25, 0.3) is 5.56 Å². The number of hydrogen-bond donors (Lipinski definition) is 2. The third-order valence-corrected chi connectivity index (χ3v) is 5.80. The van der Waals surface area contributed by atoms with Gasteiger partial charge in [-0.3, -0.25) is 24.0 Å². The molecule has 0 aliphatic rings. The summed E-state index contributed by atoms with van der Waals surface area (Å²) in [5.74, 6) is 0.353. The Labute approximate surface area is 206 Å². The number of nitrogens with zero attached hydrogens (tertiary/aromatic N) is 2. The van der Waals surface area contributed by atoms with E-state index in [1.807, 2.05) is 6.92 Å². The van der Waals surface area contributed by atoms with Crippen LogP contribution in [-0.2, 0) is 24.3 Å². The molecule has 0 saturated heterocycles. The number of amides is 1. The van der Waals surface area contributed by atoms with Gasteiger partial charge in [0.05, 0.1) is 18.4 Å². The summed E-state index contributed by atoms with van der Waals surface area (Å²) in [6.45, 7) is 2.22. The average molecular weight is 495 g/mol. The topological polar surface area (TPSA) is 127 Å². The van der Waals surface area contributed by atoms with Crippen molar-refractivity contribution in [2.75, 3.05) is 10.6 Å². The Kier molecular flexibility index (Phi) is 7.53. The van der Waals surface area contributed by atoms with Gasteiger partial charge in [-0.2, -0.15) is 0 Å². The zero-order chi connectivity index (χ0) is 25.7. The number of anilines is 2. The number of nitrogens with two attached hydrogens (primary N) is 1. The van der Waals surface area contributed by atoms with Crippen LogP contribution in [0.15, 0.2) is 73.2 Å². The lowest BCUT2D eigenvalue weighted by Crippen LogP contribution is -2.41. The summed E-state index contributed by atoms with van der Waals surface area (Å²) >= 11 is 0. The van der Waals surface area contributed by atoms with E-state index in [2.05, 4.69) is 4.98 Å². The van der Waals surface area contributed by atoms with Gasteiger partial charge in [0.2, 0.25) is 5.91 Å². The highest BCUT2D eigenvalue weighted by molar-refractivity contribution is 5.95. The van der Waals surface area contributed by atoms with Crippen LogP contribution in [0, 0.1) is 5.82 Å². The maximum absolute atomic E-state index is 14.1. The second kappa shape index (κ2) is 10.9. The van der Waals surface area contributed by atoms with Crippen LogP contribution in [0.3, 0.4) is 0 Å². The van der Waals surface area contributed by atoms with E-state index in [0.29, 0.717) is 35.8 Å². The van der Waals surface area contributed by atoms with Gasteiger partial charge in [0.1, 0.15) is 28.9 Å². The number of furan rings is 2. The number of aromatic amines is 1. The first kappa shape index (κ1) is 24.8. The lowest BCUT2D eigenvalue weighted by Gasteiger charge is -2.23. The minimum atomic E-state index is -0.759. The highest BCUT2D eigenvalue weighted by Crippen LogP contribution is 2.26. The van der Waals surface area contributed by atoms with Crippen molar-refractivity contribution >= 4 is 17.4 Å². The molecule has 4 rings (SSSR count). The predicted octanol–water partition coefficient (Wildman–Crippen LogP) is 4.08. The Hall–Kier alpha value is -4.34. The Morgan fingerprint density at radius 1 is 1.11 bits per heavy atom. The number of rotatable bonds is 10. The molecule has 3 N–H and O–H groups in total. The molecule has 0 bridgehead atoms. The number of H-pyrrole nitrogens is 1. The van der Waals surface area contributed by atoms with Crippen LogP contribution in [0.1, 0.15) is 37.7 Å². The summed E-state index contributed by atoms with van der Waals surface area (Å²) in [7, 11) is 0. The molecule has 1 aromatic carbocycles. The largest absolute Gasteiger partial charge is 0.467 e. The number of benzene rings is 1. The van der Waals surface area contributed by atoms with Gasteiger partial charge in [-0.05, 0) is 42.8 Å². The van der Waals surface area contributed by atoms with E-state index in [0.717, 1.165) is 6.42 Å². The summed E-state index contributed by atoms with van der Waals surface area (Å²) in [5, 5.41) is 0. The van der Waals surface area contributed by atoms with E-state index < -0.39 is 23.0 Å². The molecular formula is C26H27FN4O5. The van der Waals surface area contributed by atoms with Gasteiger partial charge in [0, 0.05) is 19.4 Å². The van der Waals surface area contributed by atoms with Crippen molar-refractivity contribution < 1.29 is 18.0 Å². The lowest BCUT2D eigenvalue weighted by molar-refractivity contribution is -0.118. The summed E-state index contributed by atoms with van der Waals surface area (Å²) in [6, 6.07) is 12.9. The summed E-state index contributed by atoms with van der Waals surface area (Å²) in [4.78, 5) is 42.0. The molecule has 10 heteroatoms. The lowest BCUT2D eigenvalue weighted by atomic mass is 10.1. The van der Waals surface area contributed by atoms with Crippen molar-refractivity contribution in [1.82, 2.24) is 9.55 Å². The monoisotopic (exact) mass is 494 g/mol. The van der Waals surface area contributed by atoms with Gasteiger partial charge >= 0.3 is 5.69 Å². The van der Waals surface area contributed by atoms with Gasteiger partial charge in [-0.15, -0.1) is 0 Å². The van der Waals surface area contributed by atoms with Crippen LogP contribution in [-0.4, -0.2) is 15.5 Å². The second-order valence-electron chi connectivity index (χ2n) is 8.30. The molecule has 4 aromatic rings. The molecule has 188 valence electrons. The highest BCUT2D eigenvalue weighted by atomic mass is 19.1. The molecule has 3 heterocycles. The molecule has 0 saturated carbocycles. The number of hydrogen-bond acceptors (Lipinski definition) is 6. The maximum Gasteiger partial charge on any atom is 0.330 e. The van der Waals surface area contributed by atoms with Crippen molar-refractivity contribution in [2.24, 2.45) is 0 Å². The Morgan fingerprint density at radius 2 is 1.92 bits per heavy atom. The molecule has 1 amide bonds. The number of nitrogens with one attached hydrogen (secondary N) is 1. The zero-order valence-corrected chi connectivity index (χ0v) is 19.8. The number of unbranched alkanes of at least 4 members (excludes halogenated alkanes) is 1. The second-order valence-corrected chi connectivity index (χ2v) is 8.30. The molecule has 3 aromatic heterocycles. The van der Waals surface area contributed by atoms with Crippen LogP contribution in [0.25, 0.3) is 11.3 Å². The van der Waals surface area contributed by atoms with Crippen LogP contribution in [0.4, 0.5) is 15.9 Å². The first-order chi connectivity index (χ1) is 17.4. The SMILES string of the molecule is CCCCn1c(N)c(N(Cc2ccco2)C(=O)CCc2ccc(-c3ccccc3F)o2)c(=O)[nH]c1=O. The van der Waals surface area contributed by atoms with Gasteiger partial charge < -0.3 is 14.6 Å². The van der Waals surface area contributed by atoms with Crippen molar-refractivity contribution in [1.29, 1.82) is 0 Å². The summed E-state index contributed by atoms with van der Waals surface area (Å²) in [5.41, 5.74) is 5.07. The smallest absolute Gasteiger partial charge is 0.330 e. The number of carbonyl (C=O) groups excluding carboxylic acids is 1. The third-order valence-electron chi connectivity index (χ3n) is 5.80. The van der Waals surface area contributed by atoms with Crippen LogP contribution in [0.5, 0.6) is 0 Å². The molecular weight excluding hydrogens is 467 g/mol. The number of halogens is 1. The Bertz CT molecular complexity index is 1450. The fourth-order valence-corrected chi connectivity index (χ4v) is 3.91. The highest BCUT2D eigenvalue weighted by Gasteiger charge is 2.25. The van der Waals surface area contributed by atoms with Crippen LogP contribution in [0.2, 0.25) is 0 Å². The Morgan fingerprint density at radius 3 is 2.64 bits per heavy atom. The summed E-state index contributed by atoms with van der Waals surface area (Å²) < 4.78 is 26.5. The fourth-order valence-electron chi connectivity index (χ4n) is 3.91. The quantitative estimate of drug-likeness (QED) is 0.342. The van der Waals surface area contributed by atoms with E-state index in [-0.39, 0.29) is 30.9 Å². The van der Waals surface area contributed by atoms with E-state index in [1.165, 1.54) is 21.8 Å². The Balaban J connectivity index is 1.60. The van der Waals surface area contributed by atoms with Gasteiger partial charge in [-0.1, -0.05) is 25.5 Å². The average Bonchev–Trinajstić information content (AvgIpc) is 3.54. The van der Waals surface area contributed by atoms with E-state index in [4.69, 9.17) is 14.6 Å². The number of aryl methyl sites for hydroxylation is 1. The molecule has 0 spiro atoms. The van der Waals surface area contributed by atoms with Crippen molar-refractivity contribution in [3.8, 4) is 11.3 Å². The number of nitrogen functional groups attached to an aromatic ring is 1. The molecule has 9 nitrogen and oxygen atoms in total. The maximum atomic E-state index is 14.1. The van der Waals surface area contributed by atoms with E-state index in [1.54, 1.807) is 42.5 Å². The minimum absolute atomic E-state index is 0.0299.